The third-order valence-corrected chi connectivity index (χ3v) is 4.69. The summed E-state index contributed by atoms with van der Waals surface area (Å²) >= 11 is 1.63. The van der Waals surface area contributed by atoms with Crippen LogP contribution >= 0.6 is 11.8 Å². The molecule has 3 N–H and O–H groups in total. The quantitative estimate of drug-likeness (QED) is 0.908. The molecule has 0 amide bonds. The van der Waals surface area contributed by atoms with Crippen molar-refractivity contribution in [2.75, 3.05) is 11.1 Å². The van der Waals surface area contributed by atoms with Crippen LogP contribution in [0.2, 0.25) is 0 Å². The van der Waals surface area contributed by atoms with E-state index in [9.17, 15) is 0 Å². The van der Waals surface area contributed by atoms with Crippen LogP contribution in [0.1, 0.15) is 24.5 Å². The SMILES string of the molecule is CC1(c2cccc(NCc3cccnc3)c2)CCSC(N)=N1. The summed E-state index contributed by atoms with van der Waals surface area (Å²) in [7, 11) is 0. The summed E-state index contributed by atoms with van der Waals surface area (Å²) in [6, 6.07) is 12.5. The van der Waals surface area contributed by atoms with Crippen molar-refractivity contribution in [3.8, 4) is 0 Å². The van der Waals surface area contributed by atoms with Crippen LogP contribution in [0.4, 0.5) is 5.69 Å². The highest BCUT2D eigenvalue weighted by Crippen LogP contribution is 2.35. The van der Waals surface area contributed by atoms with Crippen molar-refractivity contribution in [1.82, 2.24) is 4.98 Å². The number of aromatic nitrogens is 1. The molecule has 114 valence electrons. The van der Waals surface area contributed by atoms with E-state index in [-0.39, 0.29) is 5.54 Å². The van der Waals surface area contributed by atoms with E-state index in [1.807, 2.05) is 12.3 Å². The summed E-state index contributed by atoms with van der Waals surface area (Å²) in [5, 5.41) is 4.13. The lowest BCUT2D eigenvalue weighted by atomic mass is 9.89. The molecule has 1 atom stereocenters. The molecule has 0 fully saturated rings. The van der Waals surface area contributed by atoms with Gasteiger partial charge < -0.3 is 11.1 Å². The van der Waals surface area contributed by atoms with Crippen LogP contribution in [0.3, 0.4) is 0 Å². The van der Waals surface area contributed by atoms with Crippen molar-refractivity contribution in [3.63, 3.8) is 0 Å². The van der Waals surface area contributed by atoms with Crippen molar-refractivity contribution >= 4 is 22.6 Å². The maximum Gasteiger partial charge on any atom is 0.154 e. The van der Waals surface area contributed by atoms with Gasteiger partial charge in [-0.2, -0.15) is 0 Å². The first-order valence-electron chi connectivity index (χ1n) is 7.37. The number of aliphatic imine (C=N–C) groups is 1. The number of pyridine rings is 1. The van der Waals surface area contributed by atoms with E-state index in [1.165, 1.54) is 5.56 Å². The number of hydrogen-bond acceptors (Lipinski definition) is 5. The van der Waals surface area contributed by atoms with Gasteiger partial charge in [0.2, 0.25) is 0 Å². The van der Waals surface area contributed by atoms with Crippen LogP contribution in [0, 0.1) is 0 Å². The van der Waals surface area contributed by atoms with E-state index in [1.54, 1.807) is 18.0 Å². The summed E-state index contributed by atoms with van der Waals surface area (Å²) in [5.41, 5.74) is 9.15. The van der Waals surface area contributed by atoms with Crippen molar-refractivity contribution in [2.24, 2.45) is 10.7 Å². The van der Waals surface area contributed by atoms with Gasteiger partial charge in [0.15, 0.2) is 5.17 Å². The van der Waals surface area contributed by atoms with Crippen LogP contribution in [0.5, 0.6) is 0 Å². The Morgan fingerprint density at radius 3 is 3.00 bits per heavy atom. The van der Waals surface area contributed by atoms with E-state index < -0.39 is 0 Å². The number of thioether (sulfide) groups is 1. The first kappa shape index (κ1) is 14.9. The molecular formula is C17H20N4S. The standard InChI is InChI=1S/C17H20N4S/c1-17(7-9-22-16(18)21-17)14-5-2-6-15(10-14)20-12-13-4-3-8-19-11-13/h2-6,8,10-11,20H,7,9,12H2,1H3,(H2,18,21). The van der Waals surface area contributed by atoms with E-state index in [2.05, 4.69) is 52.5 Å². The Bertz CT molecular complexity index is 671. The lowest BCUT2D eigenvalue weighted by Gasteiger charge is -2.30. The Morgan fingerprint density at radius 2 is 2.23 bits per heavy atom. The second-order valence-corrected chi connectivity index (χ2v) is 6.73. The molecule has 4 nitrogen and oxygen atoms in total. The Labute approximate surface area is 135 Å². The molecule has 1 aromatic heterocycles. The number of nitrogens with one attached hydrogen (secondary N) is 1. The van der Waals surface area contributed by atoms with Gasteiger partial charge in [-0.15, -0.1) is 0 Å². The third kappa shape index (κ3) is 3.42. The van der Waals surface area contributed by atoms with Gasteiger partial charge in [0, 0.05) is 30.4 Å². The molecule has 3 rings (SSSR count). The van der Waals surface area contributed by atoms with Crippen LogP contribution in [-0.2, 0) is 12.1 Å². The van der Waals surface area contributed by atoms with Crippen LogP contribution in [0.15, 0.2) is 53.8 Å². The first-order valence-corrected chi connectivity index (χ1v) is 8.36. The summed E-state index contributed by atoms with van der Waals surface area (Å²) in [6.07, 6.45) is 4.67. The molecule has 22 heavy (non-hydrogen) atoms. The predicted molar refractivity (Wildman–Crippen MR) is 94.1 cm³/mol. The minimum atomic E-state index is -0.221. The van der Waals surface area contributed by atoms with Crippen molar-refractivity contribution in [3.05, 3.63) is 59.9 Å². The zero-order valence-electron chi connectivity index (χ0n) is 12.6. The smallest absolute Gasteiger partial charge is 0.154 e. The van der Waals surface area contributed by atoms with Crippen LogP contribution in [0.25, 0.3) is 0 Å². The number of rotatable bonds is 4. The summed E-state index contributed by atoms with van der Waals surface area (Å²) in [6.45, 7) is 2.91. The highest BCUT2D eigenvalue weighted by molar-refractivity contribution is 8.13. The predicted octanol–water partition coefficient (Wildman–Crippen LogP) is 3.36. The number of nitrogens with zero attached hydrogens (tertiary/aromatic N) is 2. The average molecular weight is 312 g/mol. The van der Waals surface area contributed by atoms with E-state index >= 15 is 0 Å². The first-order chi connectivity index (χ1) is 10.7. The topological polar surface area (TPSA) is 63.3 Å². The van der Waals surface area contributed by atoms with Crippen LogP contribution in [-0.4, -0.2) is 15.9 Å². The molecule has 0 aliphatic carbocycles. The van der Waals surface area contributed by atoms with Gasteiger partial charge in [-0.3, -0.25) is 9.98 Å². The fourth-order valence-corrected chi connectivity index (χ4v) is 3.54. The van der Waals surface area contributed by atoms with Crippen molar-refractivity contribution in [1.29, 1.82) is 0 Å². The second-order valence-electron chi connectivity index (χ2n) is 5.62. The van der Waals surface area contributed by atoms with E-state index in [0.29, 0.717) is 5.17 Å². The minimum Gasteiger partial charge on any atom is -0.381 e. The average Bonchev–Trinajstić information content (AvgIpc) is 2.54. The molecule has 2 heterocycles. The zero-order valence-corrected chi connectivity index (χ0v) is 13.4. The highest BCUT2D eigenvalue weighted by atomic mass is 32.2. The number of anilines is 1. The summed E-state index contributed by atoms with van der Waals surface area (Å²) in [4.78, 5) is 8.80. The normalized spacial score (nSPS) is 21.2. The van der Waals surface area contributed by atoms with Gasteiger partial charge in [0.1, 0.15) is 0 Å². The Hall–Kier alpha value is -2.01. The van der Waals surface area contributed by atoms with Crippen molar-refractivity contribution in [2.45, 2.75) is 25.4 Å². The van der Waals surface area contributed by atoms with Gasteiger partial charge in [-0.25, -0.2) is 0 Å². The fraction of sp³-hybridized carbons (Fsp3) is 0.294. The van der Waals surface area contributed by atoms with Gasteiger partial charge in [0.25, 0.3) is 0 Å². The number of benzene rings is 1. The fourth-order valence-electron chi connectivity index (χ4n) is 2.57. The lowest BCUT2D eigenvalue weighted by Crippen LogP contribution is -2.28. The van der Waals surface area contributed by atoms with Gasteiger partial charge in [-0.05, 0) is 42.7 Å². The molecule has 1 aliphatic heterocycles. The molecule has 0 saturated heterocycles. The zero-order chi connectivity index (χ0) is 15.4. The van der Waals surface area contributed by atoms with Gasteiger partial charge in [-0.1, -0.05) is 30.0 Å². The lowest BCUT2D eigenvalue weighted by molar-refractivity contribution is 0.482. The molecule has 1 aliphatic rings. The molecule has 1 aromatic carbocycles. The molecule has 0 bridgehead atoms. The molecule has 1 unspecified atom stereocenters. The van der Waals surface area contributed by atoms with Crippen LogP contribution < -0.4 is 11.1 Å². The number of amidine groups is 1. The molecule has 0 saturated carbocycles. The Balaban J connectivity index is 1.77. The largest absolute Gasteiger partial charge is 0.381 e. The summed E-state index contributed by atoms with van der Waals surface area (Å²) in [5.74, 6) is 1.01. The van der Waals surface area contributed by atoms with Gasteiger partial charge >= 0.3 is 0 Å². The van der Waals surface area contributed by atoms with E-state index in [4.69, 9.17) is 5.73 Å². The van der Waals surface area contributed by atoms with E-state index in [0.717, 1.165) is 30.0 Å². The Morgan fingerprint density at radius 1 is 1.32 bits per heavy atom. The molecule has 0 radical (unpaired) electrons. The van der Waals surface area contributed by atoms with Gasteiger partial charge in [0.05, 0.1) is 5.54 Å². The maximum absolute atomic E-state index is 5.91. The maximum atomic E-state index is 5.91. The molecule has 0 spiro atoms. The number of nitrogens with two attached hydrogens (primary N) is 1. The monoisotopic (exact) mass is 312 g/mol. The number of hydrogen-bond donors (Lipinski definition) is 2. The molecular weight excluding hydrogens is 292 g/mol. The Kier molecular flexibility index (Phi) is 4.34. The highest BCUT2D eigenvalue weighted by Gasteiger charge is 2.29. The second kappa shape index (κ2) is 6.40. The third-order valence-electron chi connectivity index (χ3n) is 3.90. The molecule has 5 heteroatoms. The molecule has 2 aromatic rings. The van der Waals surface area contributed by atoms with Crippen molar-refractivity contribution < 1.29 is 0 Å². The minimum absolute atomic E-state index is 0.221. The summed E-state index contributed by atoms with van der Waals surface area (Å²) < 4.78 is 0.